The van der Waals surface area contributed by atoms with Gasteiger partial charge in [0.05, 0.1) is 18.3 Å². The molecule has 1 atom stereocenters. The molecule has 0 radical (unpaired) electrons. The molecule has 1 heterocycles. The molecule has 0 aliphatic rings. The molecule has 0 saturated heterocycles. The standard InChI is InChI=1S/C8H9ClN2O3/c1-5(8(13)14-2)11-7(12)3-6(9)4-10-11/h3-5H,1-2H3/t5-/m1/s1. The van der Waals surface area contributed by atoms with E-state index in [1.165, 1.54) is 26.3 Å². The van der Waals surface area contributed by atoms with Crippen molar-refractivity contribution in [3.63, 3.8) is 0 Å². The topological polar surface area (TPSA) is 61.2 Å². The van der Waals surface area contributed by atoms with Crippen molar-refractivity contribution < 1.29 is 9.53 Å². The van der Waals surface area contributed by atoms with Gasteiger partial charge in [-0.15, -0.1) is 0 Å². The fourth-order valence-corrected chi connectivity index (χ4v) is 1.09. The Labute approximate surface area is 85.2 Å². The Balaban J connectivity index is 3.08. The molecule has 0 N–H and O–H groups in total. The Morgan fingerprint density at radius 3 is 2.86 bits per heavy atom. The monoisotopic (exact) mass is 216 g/mol. The molecule has 0 spiro atoms. The van der Waals surface area contributed by atoms with E-state index in [0.29, 0.717) is 0 Å². The first-order chi connectivity index (χ1) is 6.56. The van der Waals surface area contributed by atoms with Crippen molar-refractivity contribution in [2.45, 2.75) is 13.0 Å². The summed E-state index contributed by atoms with van der Waals surface area (Å²) >= 11 is 5.54. The summed E-state index contributed by atoms with van der Waals surface area (Å²) in [5.74, 6) is -0.526. The molecule has 0 bridgehead atoms. The fourth-order valence-electron chi connectivity index (χ4n) is 0.957. The summed E-state index contributed by atoms with van der Waals surface area (Å²) in [5.41, 5.74) is -0.435. The summed E-state index contributed by atoms with van der Waals surface area (Å²) < 4.78 is 5.49. The highest BCUT2D eigenvalue weighted by Gasteiger charge is 2.17. The predicted octanol–water partition coefficient (Wildman–Crippen LogP) is 0.631. The molecular weight excluding hydrogens is 208 g/mol. The van der Waals surface area contributed by atoms with Crippen LogP contribution >= 0.6 is 11.6 Å². The number of ether oxygens (including phenoxy) is 1. The summed E-state index contributed by atoms with van der Waals surface area (Å²) in [6, 6.07) is 0.443. The zero-order valence-electron chi connectivity index (χ0n) is 7.73. The maximum Gasteiger partial charge on any atom is 0.330 e. The van der Waals surface area contributed by atoms with Crippen LogP contribution in [0.5, 0.6) is 0 Å². The summed E-state index contributed by atoms with van der Waals surface area (Å²) in [6.07, 6.45) is 1.29. The lowest BCUT2D eigenvalue weighted by atomic mass is 10.3. The summed E-state index contributed by atoms with van der Waals surface area (Å²) in [4.78, 5) is 22.4. The second-order valence-corrected chi connectivity index (χ2v) is 3.09. The second kappa shape index (κ2) is 4.23. The van der Waals surface area contributed by atoms with Crippen molar-refractivity contribution >= 4 is 17.6 Å². The predicted molar refractivity (Wildman–Crippen MR) is 50.2 cm³/mol. The number of carbonyl (C=O) groups is 1. The zero-order valence-corrected chi connectivity index (χ0v) is 8.49. The minimum Gasteiger partial charge on any atom is -0.467 e. The Bertz CT molecular complexity index is 402. The number of aromatic nitrogens is 2. The van der Waals surface area contributed by atoms with Gasteiger partial charge in [-0.05, 0) is 6.92 Å². The van der Waals surface area contributed by atoms with Crippen molar-refractivity contribution in [3.05, 3.63) is 27.6 Å². The van der Waals surface area contributed by atoms with Crippen molar-refractivity contribution in [2.75, 3.05) is 7.11 Å². The lowest BCUT2D eigenvalue weighted by Crippen LogP contribution is -2.30. The van der Waals surface area contributed by atoms with Crippen molar-refractivity contribution in [3.8, 4) is 0 Å². The summed E-state index contributed by atoms with van der Waals surface area (Å²) in [7, 11) is 1.25. The number of hydrogen-bond donors (Lipinski definition) is 0. The van der Waals surface area contributed by atoms with Crippen molar-refractivity contribution in [2.24, 2.45) is 0 Å². The van der Waals surface area contributed by atoms with Gasteiger partial charge >= 0.3 is 5.97 Å². The van der Waals surface area contributed by atoms with E-state index >= 15 is 0 Å². The molecule has 14 heavy (non-hydrogen) atoms. The van der Waals surface area contributed by atoms with E-state index in [1.807, 2.05) is 0 Å². The Kier molecular flexibility index (Phi) is 3.24. The van der Waals surface area contributed by atoms with E-state index in [-0.39, 0.29) is 5.02 Å². The van der Waals surface area contributed by atoms with Gasteiger partial charge in [0, 0.05) is 6.07 Å². The van der Waals surface area contributed by atoms with E-state index in [9.17, 15) is 9.59 Å². The first kappa shape index (κ1) is 10.7. The third-order valence-electron chi connectivity index (χ3n) is 1.70. The molecule has 0 saturated carbocycles. The molecule has 0 aromatic carbocycles. The van der Waals surface area contributed by atoms with Crippen LogP contribution in [0.15, 0.2) is 17.1 Å². The molecular formula is C8H9ClN2O3. The van der Waals surface area contributed by atoms with Crippen LogP contribution in [0.2, 0.25) is 5.02 Å². The van der Waals surface area contributed by atoms with Gasteiger partial charge in [-0.2, -0.15) is 5.10 Å². The van der Waals surface area contributed by atoms with Crippen LogP contribution in [0.3, 0.4) is 0 Å². The van der Waals surface area contributed by atoms with Gasteiger partial charge < -0.3 is 4.74 Å². The third-order valence-corrected chi connectivity index (χ3v) is 1.91. The SMILES string of the molecule is COC(=O)[C@@H](C)n1ncc(Cl)cc1=O. The van der Waals surface area contributed by atoms with Gasteiger partial charge in [-0.25, -0.2) is 9.48 Å². The van der Waals surface area contributed by atoms with Crippen LogP contribution < -0.4 is 5.56 Å². The molecule has 1 rings (SSSR count). The minimum atomic E-state index is -0.746. The maximum atomic E-state index is 11.3. The van der Waals surface area contributed by atoms with Gasteiger partial charge in [-0.1, -0.05) is 11.6 Å². The van der Waals surface area contributed by atoms with Crippen LogP contribution in [-0.4, -0.2) is 22.9 Å². The Hall–Kier alpha value is -1.36. The summed E-state index contributed by atoms with van der Waals surface area (Å²) in [6.45, 7) is 1.52. The van der Waals surface area contributed by atoms with Gasteiger partial charge in [0.1, 0.15) is 0 Å². The average Bonchev–Trinajstić information content (AvgIpc) is 2.15. The number of hydrogen-bond acceptors (Lipinski definition) is 4. The molecule has 0 unspecified atom stereocenters. The second-order valence-electron chi connectivity index (χ2n) is 2.66. The van der Waals surface area contributed by atoms with Crippen LogP contribution in [-0.2, 0) is 9.53 Å². The van der Waals surface area contributed by atoms with Gasteiger partial charge in [0.25, 0.3) is 5.56 Å². The normalized spacial score (nSPS) is 12.2. The van der Waals surface area contributed by atoms with Gasteiger partial charge in [0.15, 0.2) is 6.04 Å². The highest BCUT2D eigenvalue weighted by Crippen LogP contribution is 2.05. The van der Waals surface area contributed by atoms with Crippen LogP contribution in [0.25, 0.3) is 0 Å². The number of nitrogens with zero attached hydrogens (tertiary/aromatic N) is 2. The number of methoxy groups -OCH3 is 1. The number of rotatable bonds is 2. The average molecular weight is 217 g/mol. The quantitative estimate of drug-likeness (QED) is 0.681. The Morgan fingerprint density at radius 1 is 1.71 bits per heavy atom. The molecule has 1 aromatic heterocycles. The van der Waals surface area contributed by atoms with Crippen LogP contribution in [0.4, 0.5) is 0 Å². The minimum absolute atomic E-state index is 0.239. The third kappa shape index (κ3) is 2.11. The highest BCUT2D eigenvalue weighted by atomic mass is 35.5. The lowest BCUT2D eigenvalue weighted by Gasteiger charge is -2.10. The first-order valence-corrected chi connectivity index (χ1v) is 4.26. The van der Waals surface area contributed by atoms with Crippen molar-refractivity contribution in [1.82, 2.24) is 9.78 Å². The number of carbonyl (C=O) groups excluding carboxylic acids is 1. The number of halogens is 1. The Morgan fingerprint density at radius 2 is 2.36 bits per heavy atom. The van der Waals surface area contributed by atoms with Crippen molar-refractivity contribution in [1.29, 1.82) is 0 Å². The van der Waals surface area contributed by atoms with Crippen LogP contribution in [0, 0.1) is 0 Å². The first-order valence-electron chi connectivity index (χ1n) is 3.88. The summed E-state index contributed by atoms with van der Waals surface area (Å²) in [5, 5.41) is 3.96. The zero-order chi connectivity index (χ0) is 10.7. The van der Waals surface area contributed by atoms with Gasteiger partial charge in [0.2, 0.25) is 0 Å². The smallest absolute Gasteiger partial charge is 0.330 e. The highest BCUT2D eigenvalue weighted by molar-refractivity contribution is 6.30. The number of esters is 1. The van der Waals surface area contributed by atoms with Crippen LogP contribution in [0.1, 0.15) is 13.0 Å². The molecule has 0 aliphatic heterocycles. The molecule has 76 valence electrons. The van der Waals surface area contributed by atoms with E-state index in [0.717, 1.165) is 4.68 Å². The molecule has 6 heteroatoms. The van der Waals surface area contributed by atoms with E-state index in [1.54, 1.807) is 0 Å². The van der Waals surface area contributed by atoms with E-state index in [4.69, 9.17) is 11.6 Å². The van der Waals surface area contributed by atoms with E-state index < -0.39 is 17.6 Å². The lowest BCUT2D eigenvalue weighted by molar-refractivity contribution is -0.144. The molecule has 1 aromatic rings. The van der Waals surface area contributed by atoms with E-state index in [2.05, 4.69) is 9.84 Å². The molecule has 0 amide bonds. The largest absolute Gasteiger partial charge is 0.467 e. The molecule has 0 fully saturated rings. The van der Waals surface area contributed by atoms with Gasteiger partial charge in [-0.3, -0.25) is 4.79 Å². The maximum absolute atomic E-state index is 11.3. The fraction of sp³-hybridized carbons (Fsp3) is 0.375. The molecule has 5 nitrogen and oxygen atoms in total. The molecule has 0 aliphatic carbocycles.